The predicted molar refractivity (Wildman–Crippen MR) is 121 cm³/mol. The van der Waals surface area contributed by atoms with E-state index in [1.807, 2.05) is 11.9 Å². The maximum atomic E-state index is 12.4. The fourth-order valence-corrected chi connectivity index (χ4v) is 3.94. The molecule has 7 heteroatoms. The lowest BCUT2D eigenvalue weighted by atomic mass is 10.1. The summed E-state index contributed by atoms with van der Waals surface area (Å²) in [5.41, 5.74) is 2.44. The lowest BCUT2D eigenvalue weighted by Gasteiger charge is -2.19. The third-order valence-corrected chi connectivity index (χ3v) is 6.09. The summed E-state index contributed by atoms with van der Waals surface area (Å²) in [6.45, 7) is 12.4. The Morgan fingerprint density at radius 2 is 1.93 bits per heavy atom. The number of carbonyl (C=O) groups excluding carboxylic acids is 1. The molecule has 0 aliphatic carbocycles. The second kappa shape index (κ2) is 11.9. The van der Waals surface area contributed by atoms with E-state index < -0.39 is 0 Å². The minimum absolute atomic E-state index is 0.0328. The molecule has 0 radical (unpaired) electrons. The molecule has 0 saturated carbocycles. The minimum Gasteiger partial charge on any atom is -0.352 e. The van der Waals surface area contributed by atoms with Crippen LogP contribution in [0.5, 0.6) is 0 Å². The van der Waals surface area contributed by atoms with Crippen LogP contribution in [0, 0.1) is 6.92 Å². The van der Waals surface area contributed by atoms with Crippen LogP contribution in [0.4, 0.5) is 5.13 Å². The molecular weight excluding hydrogens is 382 g/mol. The molecule has 6 nitrogen and oxygen atoms in total. The first-order chi connectivity index (χ1) is 13.9. The number of rotatable bonds is 12. The van der Waals surface area contributed by atoms with Crippen molar-refractivity contribution in [1.29, 1.82) is 0 Å². The van der Waals surface area contributed by atoms with Crippen LogP contribution in [0.25, 0.3) is 0 Å². The van der Waals surface area contributed by atoms with Gasteiger partial charge in [-0.25, -0.2) is 4.98 Å². The first-order valence-electron chi connectivity index (χ1n) is 10.6. The van der Waals surface area contributed by atoms with Crippen molar-refractivity contribution in [3.8, 4) is 0 Å². The quantitative estimate of drug-likeness (QED) is 0.554. The SMILES string of the molecule is CC[NH+](CC)CCC[C@@H](C)NC(=O)CN(C)c1nc(Cc2ccc(C)cc2)ns1. The normalized spacial score (nSPS) is 12.2. The van der Waals surface area contributed by atoms with Gasteiger partial charge >= 0.3 is 0 Å². The van der Waals surface area contributed by atoms with Gasteiger partial charge in [-0.3, -0.25) is 4.79 Å². The molecule has 29 heavy (non-hydrogen) atoms. The highest BCUT2D eigenvalue weighted by molar-refractivity contribution is 7.09. The van der Waals surface area contributed by atoms with Crippen molar-refractivity contribution in [3.05, 3.63) is 41.2 Å². The van der Waals surface area contributed by atoms with Crippen molar-refractivity contribution in [2.45, 2.75) is 53.0 Å². The molecule has 0 fully saturated rings. The van der Waals surface area contributed by atoms with E-state index >= 15 is 0 Å². The molecule has 1 heterocycles. The zero-order valence-corrected chi connectivity index (χ0v) is 19.3. The van der Waals surface area contributed by atoms with E-state index in [0.29, 0.717) is 13.0 Å². The number of carbonyl (C=O) groups is 1. The van der Waals surface area contributed by atoms with Gasteiger partial charge in [0.15, 0.2) is 0 Å². The summed E-state index contributed by atoms with van der Waals surface area (Å²) in [4.78, 5) is 20.5. The average molecular weight is 419 g/mol. The van der Waals surface area contributed by atoms with Gasteiger partial charge in [-0.05, 0) is 46.1 Å². The third kappa shape index (κ3) is 8.11. The Kier molecular flexibility index (Phi) is 9.54. The van der Waals surface area contributed by atoms with E-state index in [2.05, 4.69) is 66.6 Å². The molecule has 2 N–H and O–H groups in total. The van der Waals surface area contributed by atoms with E-state index in [1.165, 1.54) is 29.2 Å². The molecule has 0 saturated heterocycles. The van der Waals surface area contributed by atoms with Crippen molar-refractivity contribution in [2.75, 3.05) is 38.1 Å². The monoisotopic (exact) mass is 418 g/mol. The Morgan fingerprint density at radius 3 is 2.59 bits per heavy atom. The zero-order valence-electron chi connectivity index (χ0n) is 18.5. The summed E-state index contributed by atoms with van der Waals surface area (Å²) in [5, 5.41) is 3.89. The van der Waals surface area contributed by atoms with Crippen molar-refractivity contribution in [3.63, 3.8) is 0 Å². The van der Waals surface area contributed by atoms with Crippen LogP contribution in [0.15, 0.2) is 24.3 Å². The number of anilines is 1. The summed E-state index contributed by atoms with van der Waals surface area (Å²) in [6, 6.07) is 8.61. The molecule has 1 aromatic heterocycles. The second-order valence-corrected chi connectivity index (χ2v) is 8.56. The maximum Gasteiger partial charge on any atom is 0.239 e. The molecule has 1 aromatic carbocycles. The molecule has 0 spiro atoms. The average Bonchev–Trinajstić information content (AvgIpc) is 3.15. The van der Waals surface area contributed by atoms with Gasteiger partial charge in [-0.15, -0.1) is 0 Å². The lowest BCUT2D eigenvalue weighted by Crippen LogP contribution is -3.11. The summed E-state index contributed by atoms with van der Waals surface area (Å²) >= 11 is 1.35. The number of hydrogen-bond donors (Lipinski definition) is 2. The Bertz CT molecular complexity index is 742. The number of aromatic nitrogens is 2. The van der Waals surface area contributed by atoms with Gasteiger partial charge in [-0.1, -0.05) is 29.8 Å². The van der Waals surface area contributed by atoms with Gasteiger partial charge in [0.05, 0.1) is 26.2 Å². The summed E-state index contributed by atoms with van der Waals surface area (Å²) in [6.07, 6.45) is 2.86. The number of hydrogen-bond acceptors (Lipinski definition) is 5. The van der Waals surface area contributed by atoms with Crippen LogP contribution in [-0.2, 0) is 11.2 Å². The van der Waals surface area contributed by atoms with Gasteiger partial charge < -0.3 is 15.1 Å². The summed E-state index contributed by atoms with van der Waals surface area (Å²) in [7, 11) is 1.89. The summed E-state index contributed by atoms with van der Waals surface area (Å²) in [5.74, 6) is 0.832. The molecule has 1 atom stereocenters. The predicted octanol–water partition coefficient (Wildman–Crippen LogP) is 2.08. The molecule has 2 rings (SSSR count). The summed E-state index contributed by atoms with van der Waals surface area (Å²) < 4.78 is 4.45. The third-order valence-electron chi connectivity index (χ3n) is 5.22. The van der Waals surface area contributed by atoms with Gasteiger partial charge in [0.1, 0.15) is 5.82 Å². The Balaban J connectivity index is 1.76. The maximum absolute atomic E-state index is 12.4. The van der Waals surface area contributed by atoms with Gasteiger partial charge in [0.25, 0.3) is 0 Å². The smallest absolute Gasteiger partial charge is 0.239 e. The van der Waals surface area contributed by atoms with Crippen LogP contribution in [0.1, 0.15) is 50.6 Å². The molecule has 0 aliphatic rings. The molecular formula is C22H36N5OS+. The van der Waals surface area contributed by atoms with Crippen molar-refractivity contribution >= 4 is 22.6 Å². The Labute approximate surface area is 179 Å². The number of benzene rings is 1. The number of quaternary nitrogens is 1. The highest BCUT2D eigenvalue weighted by Gasteiger charge is 2.15. The fraction of sp³-hybridized carbons (Fsp3) is 0.591. The van der Waals surface area contributed by atoms with Crippen LogP contribution in [-0.4, -0.2) is 54.5 Å². The van der Waals surface area contributed by atoms with E-state index in [1.54, 1.807) is 4.90 Å². The van der Waals surface area contributed by atoms with Gasteiger partial charge in [-0.2, -0.15) is 4.37 Å². The van der Waals surface area contributed by atoms with Gasteiger partial charge in [0.2, 0.25) is 11.0 Å². The highest BCUT2D eigenvalue weighted by atomic mass is 32.1. The van der Waals surface area contributed by atoms with Crippen molar-refractivity contribution < 1.29 is 9.69 Å². The minimum atomic E-state index is 0.0328. The lowest BCUT2D eigenvalue weighted by molar-refractivity contribution is -0.896. The van der Waals surface area contributed by atoms with Crippen LogP contribution in [0.2, 0.25) is 0 Å². The first-order valence-corrected chi connectivity index (χ1v) is 11.4. The molecule has 0 unspecified atom stereocenters. The number of aryl methyl sites for hydroxylation is 1. The Morgan fingerprint density at radius 1 is 1.24 bits per heavy atom. The van der Waals surface area contributed by atoms with Crippen LogP contribution in [0.3, 0.4) is 0 Å². The van der Waals surface area contributed by atoms with Crippen molar-refractivity contribution in [1.82, 2.24) is 14.7 Å². The molecule has 0 bridgehead atoms. The number of likely N-dealkylation sites (N-methyl/N-ethyl adjacent to an activating group) is 1. The number of amides is 1. The number of nitrogens with one attached hydrogen (secondary N) is 2. The molecule has 1 amide bonds. The van der Waals surface area contributed by atoms with E-state index in [0.717, 1.165) is 36.9 Å². The topological polar surface area (TPSA) is 62.6 Å². The number of nitrogens with zero attached hydrogens (tertiary/aromatic N) is 3. The largest absolute Gasteiger partial charge is 0.352 e. The molecule has 0 aliphatic heterocycles. The zero-order chi connectivity index (χ0) is 21.2. The standard InChI is InChI=1S/C22H35N5OS/c1-6-27(7-2)14-8-9-18(4)23-21(28)16-26(5)22-24-20(25-29-22)15-19-12-10-17(3)11-13-19/h10-13,18H,6-9,14-16H2,1-5H3,(H,23,28)/p+1/t18-/m1/s1. The molecule has 2 aromatic rings. The van der Waals surface area contributed by atoms with Gasteiger partial charge in [0, 0.05) is 31.0 Å². The fourth-order valence-electron chi connectivity index (χ4n) is 3.30. The Hall–Kier alpha value is -1.99. The van der Waals surface area contributed by atoms with Crippen LogP contribution < -0.4 is 15.1 Å². The first kappa shape index (κ1) is 23.3. The highest BCUT2D eigenvalue weighted by Crippen LogP contribution is 2.17. The molecule has 160 valence electrons. The van der Waals surface area contributed by atoms with Crippen LogP contribution >= 0.6 is 11.5 Å². The van der Waals surface area contributed by atoms with Crippen molar-refractivity contribution in [2.24, 2.45) is 0 Å². The van der Waals surface area contributed by atoms with E-state index in [9.17, 15) is 4.79 Å². The van der Waals surface area contributed by atoms with E-state index in [-0.39, 0.29) is 11.9 Å². The second-order valence-electron chi connectivity index (χ2n) is 7.83. The van der Waals surface area contributed by atoms with E-state index in [4.69, 9.17) is 0 Å².